The molecule has 2 N–H and O–H groups in total. The molecule has 186 valence electrons. The SMILES string of the molecule is CSNc1cc(Cl)cc(NC(=O)c2cc(-c3ncc(F)cc3C(C)Oc3cncc(F)c3)c(C)s2)c1. The lowest BCUT2D eigenvalue weighted by atomic mass is 10.0. The van der Waals surface area contributed by atoms with Gasteiger partial charge in [-0.1, -0.05) is 23.5 Å². The fourth-order valence-electron chi connectivity index (χ4n) is 3.57. The maximum Gasteiger partial charge on any atom is 0.265 e. The van der Waals surface area contributed by atoms with Crippen molar-refractivity contribution in [3.05, 3.63) is 87.0 Å². The van der Waals surface area contributed by atoms with Gasteiger partial charge >= 0.3 is 0 Å². The largest absolute Gasteiger partial charge is 0.484 e. The maximum atomic E-state index is 14.2. The third-order valence-corrected chi connectivity index (χ3v) is 6.79. The van der Waals surface area contributed by atoms with E-state index in [1.807, 2.05) is 13.2 Å². The van der Waals surface area contributed by atoms with E-state index in [1.54, 1.807) is 31.2 Å². The lowest BCUT2D eigenvalue weighted by molar-refractivity contribution is 0.103. The average Bonchev–Trinajstić information content (AvgIpc) is 3.20. The van der Waals surface area contributed by atoms with Crippen LogP contribution in [0, 0.1) is 18.6 Å². The predicted molar refractivity (Wildman–Crippen MR) is 142 cm³/mol. The summed E-state index contributed by atoms with van der Waals surface area (Å²) in [6, 6.07) is 9.42. The number of carbonyl (C=O) groups is 1. The van der Waals surface area contributed by atoms with Crippen molar-refractivity contribution in [1.29, 1.82) is 0 Å². The molecule has 0 aliphatic carbocycles. The van der Waals surface area contributed by atoms with Crippen molar-refractivity contribution in [2.45, 2.75) is 20.0 Å². The van der Waals surface area contributed by atoms with Crippen LogP contribution in [-0.4, -0.2) is 22.1 Å². The minimum Gasteiger partial charge on any atom is -0.484 e. The van der Waals surface area contributed by atoms with E-state index < -0.39 is 17.7 Å². The number of halogens is 3. The molecule has 4 aromatic rings. The molecular formula is C25H21ClF2N4O2S2. The van der Waals surface area contributed by atoms with E-state index in [0.717, 1.165) is 23.0 Å². The second-order valence-electron chi connectivity index (χ2n) is 7.76. The molecule has 0 aliphatic rings. The summed E-state index contributed by atoms with van der Waals surface area (Å²) in [6.45, 7) is 3.56. The summed E-state index contributed by atoms with van der Waals surface area (Å²) in [7, 11) is 0. The fourth-order valence-corrected chi connectivity index (χ4v) is 5.08. The molecule has 0 bridgehead atoms. The van der Waals surface area contributed by atoms with Crippen LogP contribution in [0.4, 0.5) is 20.2 Å². The van der Waals surface area contributed by atoms with E-state index in [4.69, 9.17) is 16.3 Å². The molecule has 0 radical (unpaired) electrons. The third kappa shape index (κ3) is 6.13. The average molecular weight is 547 g/mol. The Kier molecular flexibility index (Phi) is 8.07. The van der Waals surface area contributed by atoms with Crippen molar-refractivity contribution in [2.75, 3.05) is 16.3 Å². The van der Waals surface area contributed by atoms with Gasteiger partial charge in [0.2, 0.25) is 0 Å². The minimum absolute atomic E-state index is 0.205. The number of aryl methyl sites for hydroxylation is 1. The van der Waals surface area contributed by atoms with Crippen molar-refractivity contribution in [1.82, 2.24) is 9.97 Å². The summed E-state index contributed by atoms with van der Waals surface area (Å²) in [5.74, 6) is -1.19. The molecule has 1 atom stereocenters. The number of nitrogens with one attached hydrogen (secondary N) is 2. The standard InChI is InChI=1S/C25H21ClF2N4O2S2/c1-13(34-20-6-16(27)10-29-12-20)21-7-17(28)11-30-24(21)22-9-23(36-14(22)2)25(33)31-18-4-15(26)5-19(8-18)32-35-3/h4-13,32H,1-3H3,(H,31,33). The number of pyridine rings is 2. The normalized spacial score (nSPS) is 11.7. The van der Waals surface area contributed by atoms with Gasteiger partial charge in [0.05, 0.1) is 29.2 Å². The number of amides is 1. The van der Waals surface area contributed by atoms with E-state index in [1.165, 1.54) is 41.6 Å². The van der Waals surface area contributed by atoms with E-state index in [9.17, 15) is 13.6 Å². The molecule has 0 aliphatic heterocycles. The van der Waals surface area contributed by atoms with Crippen molar-refractivity contribution in [2.24, 2.45) is 0 Å². The van der Waals surface area contributed by atoms with Gasteiger partial charge in [-0.2, -0.15) is 0 Å². The zero-order valence-electron chi connectivity index (χ0n) is 19.4. The first-order valence-electron chi connectivity index (χ1n) is 10.7. The smallest absolute Gasteiger partial charge is 0.265 e. The fraction of sp³-hybridized carbons (Fsp3) is 0.160. The van der Waals surface area contributed by atoms with Crippen molar-refractivity contribution in [3.8, 4) is 17.0 Å². The van der Waals surface area contributed by atoms with Crippen LogP contribution in [0.25, 0.3) is 11.3 Å². The Balaban J connectivity index is 1.62. The van der Waals surface area contributed by atoms with Gasteiger partial charge in [-0.05, 0) is 44.2 Å². The van der Waals surface area contributed by atoms with E-state index in [-0.39, 0.29) is 11.7 Å². The molecule has 36 heavy (non-hydrogen) atoms. The first-order chi connectivity index (χ1) is 17.2. The van der Waals surface area contributed by atoms with E-state index in [2.05, 4.69) is 20.0 Å². The number of nitrogens with zero attached hydrogens (tertiary/aromatic N) is 2. The molecule has 0 saturated heterocycles. The number of rotatable bonds is 8. The summed E-state index contributed by atoms with van der Waals surface area (Å²) < 4.78 is 36.6. The second kappa shape index (κ2) is 11.2. The van der Waals surface area contributed by atoms with Crippen molar-refractivity contribution >= 4 is 52.2 Å². The molecule has 6 nitrogen and oxygen atoms in total. The monoisotopic (exact) mass is 546 g/mol. The zero-order chi connectivity index (χ0) is 25.8. The van der Waals surface area contributed by atoms with Crippen LogP contribution < -0.4 is 14.8 Å². The quantitative estimate of drug-likeness (QED) is 0.222. The molecule has 3 aromatic heterocycles. The lowest BCUT2D eigenvalue weighted by Crippen LogP contribution is -2.10. The van der Waals surface area contributed by atoms with Gasteiger partial charge in [0, 0.05) is 44.7 Å². The summed E-state index contributed by atoms with van der Waals surface area (Å²) in [4.78, 5) is 22.3. The van der Waals surface area contributed by atoms with Gasteiger partial charge in [-0.25, -0.2) is 8.78 Å². The Morgan fingerprint density at radius 2 is 1.83 bits per heavy atom. The van der Waals surface area contributed by atoms with Gasteiger partial charge in [-0.3, -0.25) is 14.8 Å². The number of anilines is 2. The summed E-state index contributed by atoms with van der Waals surface area (Å²) in [5.41, 5.74) is 2.90. The molecule has 1 amide bonds. The van der Waals surface area contributed by atoms with Gasteiger partial charge in [-0.15, -0.1) is 11.3 Å². The molecule has 0 fully saturated rings. The van der Waals surface area contributed by atoms with Crippen LogP contribution in [0.15, 0.2) is 55.0 Å². The molecule has 0 saturated carbocycles. The molecule has 0 spiro atoms. The Hall–Kier alpha value is -3.21. The minimum atomic E-state index is -0.669. The Morgan fingerprint density at radius 1 is 1.08 bits per heavy atom. The first-order valence-corrected chi connectivity index (χ1v) is 13.1. The number of hydrogen-bond acceptors (Lipinski definition) is 7. The predicted octanol–water partition coefficient (Wildman–Crippen LogP) is 7.53. The third-order valence-electron chi connectivity index (χ3n) is 5.09. The number of thiophene rings is 1. The highest BCUT2D eigenvalue weighted by atomic mass is 35.5. The summed E-state index contributed by atoms with van der Waals surface area (Å²) in [6.07, 6.45) is 4.77. The van der Waals surface area contributed by atoms with E-state index >= 15 is 0 Å². The van der Waals surface area contributed by atoms with Crippen LogP contribution in [0.2, 0.25) is 5.02 Å². The van der Waals surface area contributed by atoms with Crippen molar-refractivity contribution < 1.29 is 18.3 Å². The number of hydrogen-bond donors (Lipinski definition) is 2. The van der Waals surface area contributed by atoms with Crippen LogP contribution in [0.3, 0.4) is 0 Å². The highest BCUT2D eigenvalue weighted by Crippen LogP contribution is 2.36. The lowest BCUT2D eigenvalue weighted by Gasteiger charge is -2.18. The Labute approximate surface area is 220 Å². The van der Waals surface area contributed by atoms with Crippen LogP contribution >= 0.6 is 34.9 Å². The second-order valence-corrected chi connectivity index (χ2v) is 10.1. The zero-order valence-corrected chi connectivity index (χ0v) is 21.8. The first kappa shape index (κ1) is 25.9. The molecular weight excluding hydrogens is 526 g/mol. The number of ether oxygens (including phenoxy) is 1. The molecule has 1 aromatic carbocycles. The highest BCUT2D eigenvalue weighted by Gasteiger charge is 2.21. The van der Waals surface area contributed by atoms with Crippen LogP contribution in [0.1, 0.15) is 33.1 Å². The molecule has 1 unspecified atom stereocenters. The van der Waals surface area contributed by atoms with Crippen LogP contribution in [0.5, 0.6) is 5.75 Å². The number of aromatic nitrogens is 2. The molecule has 4 rings (SSSR count). The Morgan fingerprint density at radius 3 is 2.58 bits per heavy atom. The van der Waals surface area contributed by atoms with Crippen molar-refractivity contribution in [3.63, 3.8) is 0 Å². The molecule has 11 heteroatoms. The van der Waals surface area contributed by atoms with E-state index in [0.29, 0.717) is 32.4 Å². The Bertz CT molecular complexity index is 1420. The highest BCUT2D eigenvalue weighted by molar-refractivity contribution is 7.99. The summed E-state index contributed by atoms with van der Waals surface area (Å²) >= 11 is 8.88. The number of benzene rings is 1. The topological polar surface area (TPSA) is 76.1 Å². The van der Waals surface area contributed by atoms with Gasteiger partial charge in [0.15, 0.2) is 0 Å². The van der Waals surface area contributed by atoms with Crippen LogP contribution in [-0.2, 0) is 0 Å². The van der Waals surface area contributed by atoms with Gasteiger partial charge in [0.1, 0.15) is 23.5 Å². The maximum absolute atomic E-state index is 14.2. The molecule has 3 heterocycles. The van der Waals surface area contributed by atoms with Gasteiger partial charge < -0.3 is 14.8 Å². The number of carbonyl (C=O) groups excluding carboxylic acids is 1. The summed E-state index contributed by atoms with van der Waals surface area (Å²) in [5, 5.41) is 3.35. The van der Waals surface area contributed by atoms with Gasteiger partial charge in [0.25, 0.3) is 5.91 Å².